The summed E-state index contributed by atoms with van der Waals surface area (Å²) in [6.07, 6.45) is 4.98. The highest BCUT2D eigenvalue weighted by molar-refractivity contribution is 7.09. The smallest absolute Gasteiger partial charge is 0.247 e. The van der Waals surface area contributed by atoms with Crippen molar-refractivity contribution >= 4 is 23.3 Å². The molecule has 4 nitrogen and oxygen atoms in total. The Kier molecular flexibility index (Phi) is 5.69. The van der Waals surface area contributed by atoms with Gasteiger partial charge >= 0.3 is 0 Å². The van der Waals surface area contributed by atoms with Gasteiger partial charge in [0.25, 0.3) is 0 Å². The van der Waals surface area contributed by atoms with Gasteiger partial charge in [0.05, 0.1) is 26.5 Å². The predicted molar refractivity (Wildman–Crippen MR) is 99.3 cm³/mol. The average molecular weight is 353 g/mol. The van der Waals surface area contributed by atoms with Gasteiger partial charge in [-0.25, -0.2) is 0 Å². The molecule has 0 aliphatic carbocycles. The number of nitrogens with zero attached hydrogens (tertiary/aromatic N) is 1. The number of thiophene rings is 1. The molecule has 0 fully saturated rings. The van der Waals surface area contributed by atoms with Crippen LogP contribution in [0.25, 0.3) is 6.08 Å². The van der Waals surface area contributed by atoms with Crippen molar-refractivity contribution in [2.24, 2.45) is 0 Å². The molecule has 0 spiro atoms. The Balaban J connectivity index is 1.77. The van der Waals surface area contributed by atoms with Crippen molar-refractivity contribution in [3.63, 3.8) is 0 Å². The molecule has 0 saturated heterocycles. The molecule has 0 unspecified atom stereocenters. The van der Waals surface area contributed by atoms with E-state index in [-0.39, 0.29) is 5.91 Å². The van der Waals surface area contributed by atoms with Crippen LogP contribution in [0, 0.1) is 0 Å². The van der Waals surface area contributed by atoms with Crippen molar-refractivity contribution in [1.82, 2.24) is 4.90 Å². The molecule has 128 valence electrons. The quantitative estimate of drug-likeness (QED) is 0.583. The first kappa shape index (κ1) is 17.0. The van der Waals surface area contributed by atoms with Gasteiger partial charge in [0.2, 0.25) is 5.91 Å². The van der Waals surface area contributed by atoms with Gasteiger partial charge in [-0.05, 0) is 35.7 Å². The second-order valence-electron chi connectivity index (χ2n) is 5.43. The fourth-order valence-corrected chi connectivity index (χ4v) is 3.18. The number of hydrogen-bond acceptors (Lipinski definition) is 4. The van der Waals surface area contributed by atoms with Crippen molar-refractivity contribution in [2.45, 2.75) is 13.1 Å². The molecule has 0 atom stereocenters. The van der Waals surface area contributed by atoms with Crippen LogP contribution in [0.3, 0.4) is 0 Å². The lowest BCUT2D eigenvalue weighted by molar-refractivity contribution is -0.127. The summed E-state index contributed by atoms with van der Waals surface area (Å²) in [5.41, 5.74) is 0.868. The zero-order valence-corrected chi connectivity index (χ0v) is 14.7. The van der Waals surface area contributed by atoms with E-state index in [4.69, 9.17) is 9.15 Å². The van der Waals surface area contributed by atoms with E-state index in [9.17, 15) is 4.79 Å². The van der Waals surface area contributed by atoms with Crippen LogP contribution in [-0.2, 0) is 17.9 Å². The number of carbonyl (C=O) groups is 1. The number of amides is 1. The summed E-state index contributed by atoms with van der Waals surface area (Å²) in [4.78, 5) is 15.6. The molecule has 25 heavy (non-hydrogen) atoms. The maximum atomic E-state index is 12.7. The van der Waals surface area contributed by atoms with Crippen LogP contribution in [0.1, 0.15) is 16.2 Å². The Labute approximate surface area is 151 Å². The lowest BCUT2D eigenvalue weighted by atomic mass is 10.2. The van der Waals surface area contributed by atoms with Crippen LogP contribution >= 0.6 is 11.3 Å². The Morgan fingerprint density at radius 2 is 2.04 bits per heavy atom. The summed E-state index contributed by atoms with van der Waals surface area (Å²) in [5.74, 6) is 1.42. The van der Waals surface area contributed by atoms with E-state index in [0.29, 0.717) is 13.1 Å². The molecule has 3 rings (SSSR count). The van der Waals surface area contributed by atoms with E-state index >= 15 is 0 Å². The first-order valence-corrected chi connectivity index (χ1v) is 8.79. The molecule has 3 aromatic rings. The zero-order chi connectivity index (χ0) is 17.5. The molecule has 5 heteroatoms. The van der Waals surface area contributed by atoms with Crippen LogP contribution in [0.2, 0.25) is 0 Å². The Morgan fingerprint density at radius 1 is 1.16 bits per heavy atom. The number of rotatable bonds is 7. The van der Waals surface area contributed by atoms with Crippen LogP contribution in [0.4, 0.5) is 0 Å². The minimum absolute atomic E-state index is 0.0734. The molecule has 0 N–H and O–H groups in total. The molecular weight excluding hydrogens is 334 g/mol. The highest BCUT2D eigenvalue weighted by Crippen LogP contribution is 2.20. The van der Waals surface area contributed by atoms with Gasteiger partial charge in [-0.1, -0.05) is 24.3 Å². The molecule has 0 saturated carbocycles. The molecule has 2 aromatic heterocycles. The van der Waals surface area contributed by atoms with Gasteiger partial charge in [0.15, 0.2) is 0 Å². The molecule has 2 heterocycles. The van der Waals surface area contributed by atoms with Gasteiger partial charge in [-0.3, -0.25) is 4.79 Å². The molecule has 0 bridgehead atoms. The second kappa shape index (κ2) is 8.35. The minimum Gasteiger partial charge on any atom is -0.496 e. The Morgan fingerprint density at radius 3 is 2.76 bits per heavy atom. The summed E-state index contributed by atoms with van der Waals surface area (Å²) in [6.45, 7) is 0.980. The highest BCUT2D eigenvalue weighted by Gasteiger charge is 2.14. The SMILES string of the molecule is COc1ccccc1/C=C/C(=O)N(Cc1ccco1)Cc1cccs1. The second-order valence-corrected chi connectivity index (χ2v) is 6.46. The summed E-state index contributed by atoms with van der Waals surface area (Å²) < 4.78 is 10.7. The average Bonchev–Trinajstić information content (AvgIpc) is 3.33. The third-order valence-electron chi connectivity index (χ3n) is 3.71. The van der Waals surface area contributed by atoms with Crippen molar-refractivity contribution in [3.05, 3.63) is 82.5 Å². The van der Waals surface area contributed by atoms with Crippen LogP contribution in [0.15, 0.2) is 70.7 Å². The topological polar surface area (TPSA) is 42.7 Å². The monoisotopic (exact) mass is 353 g/mol. The highest BCUT2D eigenvalue weighted by atomic mass is 32.1. The Hall–Kier alpha value is -2.79. The van der Waals surface area contributed by atoms with Crippen LogP contribution in [-0.4, -0.2) is 17.9 Å². The number of para-hydroxylation sites is 1. The van der Waals surface area contributed by atoms with E-state index in [1.165, 1.54) is 0 Å². The number of ether oxygens (including phenoxy) is 1. The molecular formula is C20H19NO3S. The summed E-state index contributed by atoms with van der Waals surface area (Å²) in [6, 6.07) is 15.3. The van der Waals surface area contributed by atoms with Crippen molar-refractivity contribution in [2.75, 3.05) is 7.11 Å². The third-order valence-corrected chi connectivity index (χ3v) is 4.57. The van der Waals surface area contributed by atoms with Gasteiger partial charge in [0.1, 0.15) is 11.5 Å². The Bertz CT molecular complexity index is 786. The number of furan rings is 1. The number of methoxy groups -OCH3 is 1. The summed E-state index contributed by atoms with van der Waals surface area (Å²) in [5, 5.41) is 2.01. The standard InChI is InChI=1S/C20H19NO3S/c1-23-19-9-3-2-6-16(19)10-11-20(22)21(14-17-7-4-12-24-17)15-18-8-5-13-25-18/h2-13H,14-15H2,1H3/b11-10+. The molecule has 1 amide bonds. The molecule has 0 aliphatic heterocycles. The number of carbonyl (C=O) groups excluding carboxylic acids is 1. The summed E-state index contributed by atoms with van der Waals surface area (Å²) in [7, 11) is 1.62. The number of benzene rings is 1. The first-order chi connectivity index (χ1) is 12.3. The summed E-state index contributed by atoms with van der Waals surface area (Å²) >= 11 is 1.63. The lowest BCUT2D eigenvalue weighted by Crippen LogP contribution is -2.28. The lowest BCUT2D eigenvalue weighted by Gasteiger charge is -2.19. The largest absolute Gasteiger partial charge is 0.496 e. The maximum absolute atomic E-state index is 12.7. The molecule has 0 aliphatic rings. The van der Waals surface area contributed by atoms with E-state index in [2.05, 4.69) is 0 Å². The van der Waals surface area contributed by atoms with E-state index in [0.717, 1.165) is 22.0 Å². The van der Waals surface area contributed by atoms with Gasteiger partial charge < -0.3 is 14.1 Å². The third kappa shape index (κ3) is 4.61. The van der Waals surface area contributed by atoms with E-state index < -0.39 is 0 Å². The number of hydrogen-bond donors (Lipinski definition) is 0. The van der Waals surface area contributed by atoms with E-state index in [1.807, 2.05) is 53.9 Å². The predicted octanol–water partition coefficient (Wildman–Crippen LogP) is 4.59. The first-order valence-electron chi connectivity index (χ1n) is 7.91. The van der Waals surface area contributed by atoms with Crippen LogP contribution < -0.4 is 4.74 Å². The van der Waals surface area contributed by atoms with Gasteiger partial charge in [0, 0.05) is 16.5 Å². The van der Waals surface area contributed by atoms with Gasteiger partial charge in [-0.2, -0.15) is 0 Å². The fourth-order valence-electron chi connectivity index (χ4n) is 2.46. The van der Waals surface area contributed by atoms with Crippen molar-refractivity contribution in [3.8, 4) is 5.75 Å². The van der Waals surface area contributed by atoms with E-state index in [1.54, 1.807) is 41.8 Å². The molecule has 0 radical (unpaired) electrons. The fraction of sp³-hybridized carbons (Fsp3) is 0.150. The van der Waals surface area contributed by atoms with Crippen LogP contribution in [0.5, 0.6) is 5.75 Å². The maximum Gasteiger partial charge on any atom is 0.247 e. The molecule has 1 aromatic carbocycles. The van der Waals surface area contributed by atoms with Gasteiger partial charge in [-0.15, -0.1) is 11.3 Å². The normalized spacial score (nSPS) is 10.9. The van der Waals surface area contributed by atoms with Crippen molar-refractivity contribution < 1.29 is 13.9 Å². The van der Waals surface area contributed by atoms with Crippen molar-refractivity contribution in [1.29, 1.82) is 0 Å². The minimum atomic E-state index is -0.0734. The zero-order valence-electron chi connectivity index (χ0n) is 13.9.